The first kappa shape index (κ1) is 39.7. The number of rotatable bonds is 22. The van der Waals surface area contributed by atoms with E-state index in [1.165, 1.54) is 109 Å². The molecule has 10 atom stereocenters. The third kappa shape index (κ3) is 10.2. The average molecular weight is 673 g/mol. The van der Waals surface area contributed by atoms with E-state index in [2.05, 4.69) is 27.7 Å². The first-order valence-electron chi connectivity index (χ1n) is 21.2. The molecule has 0 spiro atoms. The van der Waals surface area contributed by atoms with Crippen molar-refractivity contribution in [3.05, 3.63) is 0 Å². The van der Waals surface area contributed by atoms with Gasteiger partial charge in [-0.25, -0.2) is 0 Å². The van der Waals surface area contributed by atoms with Crippen molar-refractivity contribution in [2.45, 2.75) is 213 Å². The van der Waals surface area contributed by atoms with Gasteiger partial charge in [0.25, 0.3) is 0 Å². The summed E-state index contributed by atoms with van der Waals surface area (Å²) in [5.41, 5.74) is 0.122. The molecule has 0 aromatic carbocycles. The molecule has 0 amide bonds. The van der Waals surface area contributed by atoms with Crippen molar-refractivity contribution in [2.75, 3.05) is 0 Å². The second-order valence-electron chi connectivity index (χ2n) is 17.8. The zero-order valence-electron chi connectivity index (χ0n) is 31.8. The Kier molecular flexibility index (Phi) is 16.1. The van der Waals surface area contributed by atoms with E-state index in [0.29, 0.717) is 48.3 Å². The summed E-state index contributed by atoms with van der Waals surface area (Å²) in [6, 6.07) is 0. The molecule has 4 saturated carbocycles. The molecule has 0 aromatic heterocycles. The quantitative estimate of drug-likeness (QED) is 0.0883. The molecule has 4 aliphatic carbocycles. The van der Waals surface area contributed by atoms with Crippen LogP contribution in [-0.2, 0) is 14.3 Å². The number of carbonyl (C=O) groups excluding carboxylic acids is 1. The minimum Gasteiger partial charge on any atom is -0.481 e. The highest BCUT2D eigenvalue weighted by Gasteiger charge is 2.63. The van der Waals surface area contributed by atoms with Gasteiger partial charge in [0, 0.05) is 12.8 Å². The minimum absolute atomic E-state index is 0.0144. The Morgan fingerprint density at radius 2 is 1.31 bits per heavy atom. The predicted molar refractivity (Wildman–Crippen MR) is 197 cm³/mol. The number of aliphatic hydroxyl groups is 1. The maximum Gasteiger partial charge on any atom is 0.306 e. The second kappa shape index (κ2) is 19.5. The smallest absolute Gasteiger partial charge is 0.306 e. The van der Waals surface area contributed by atoms with Crippen LogP contribution in [0.1, 0.15) is 201 Å². The van der Waals surface area contributed by atoms with Gasteiger partial charge in [0.1, 0.15) is 6.10 Å². The molecule has 0 saturated heterocycles. The van der Waals surface area contributed by atoms with Crippen LogP contribution in [-0.4, -0.2) is 34.4 Å². The summed E-state index contributed by atoms with van der Waals surface area (Å²) in [4.78, 5) is 24.1. The summed E-state index contributed by atoms with van der Waals surface area (Å²) in [5, 5.41) is 21.1. The summed E-state index contributed by atoms with van der Waals surface area (Å²) in [6.45, 7) is 9.35. The highest BCUT2D eigenvalue weighted by molar-refractivity contribution is 5.69. The molecule has 0 heterocycles. The Bertz CT molecular complexity index is 965. The summed E-state index contributed by atoms with van der Waals surface area (Å²) >= 11 is 0. The van der Waals surface area contributed by atoms with Crippen LogP contribution in [0.25, 0.3) is 0 Å². The van der Waals surface area contributed by atoms with E-state index in [9.17, 15) is 19.8 Å². The Labute approximate surface area is 295 Å². The van der Waals surface area contributed by atoms with E-state index >= 15 is 0 Å². The van der Waals surface area contributed by atoms with Crippen molar-refractivity contribution in [1.82, 2.24) is 0 Å². The van der Waals surface area contributed by atoms with Crippen LogP contribution in [0.3, 0.4) is 0 Å². The van der Waals surface area contributed by atoms with Gasteiger partial charge in [0.05, 0.1) is 6.10 Å². The molecule has 0 aromatic rings. The van der Waals surface area contributed by atoms with Crippen LogP contribution in [0.15, 0.2) is 0 Å². The van der Waals surface area contributed by atoms with Crippen LogP contribution in [0.4, 0.5) is 0 Å². The standard InChI is InChI=1S/C43H76O5/c1-5-6-7-8-9-10-11-12-13-14-15-16-17-18-19-20-21-41(47)48-34-28-29-42(3)33(30-34)23-24-35-37-26-25-36(32(2)22-27-40(45)46)43(37,4)39(44)31-38(35)42/h32-39,44H,5-31H2,1-4H3,(H,45,46). The number of unbranched alkanes of at least 4 members (excludes halogenated alkanes) is 15. The van der Waals surface area contributed by atoms with Gasteiger partial charge in [-0.2, -0.15) is 0 Å². The molecule has 10 unspecified atom stereocenters. The second-order valence-corrected chi connectivity index (χ2v) is 17.8. The fourth-order valence-corrected chi connectivity index (χ4v) is 11.9. The number of carbonyl (C=O) groups is 2. The lowest BCUT2D eigenvalue weighted by Gasteiger charge is -2.62. The third-order valence-electron chi connectivity index (χ3n) is 14.8. The molecule has 0 aliphatic heterocycles. The summed E-state index contributed by atoms with van der Waals surface area (Å²) < 4.78 is 6.10. The number of hydrogen-bond donors (Lipinski definition) is 2. The largest absolute Gasteiger partial charge is 0.481 e. The van der Waals surface area contributed by atoms with Crippen molar-refractivity contribution in [3.63, 3.8) is 0 Å². The Balaban J connectivity index is 1.09. The monoisotopic (exact) mass is 673 g/mol. The summed E-state index contributed by atoms with van der Waals surface area (Å²) in [7, 11) is 0. The van der Waals surface area contributed by atoms with Crippen molar-refractivity contribution in [1.29, 1.82) is 0 Å². The molecule has 48 heavy (non-hydrogen) atoms. The first-order valence-corrected chi connectivity index (χ1v) is 21.2. The highest BCUT2D eigenvalue weighted by atomic mass is 16.5. The van der Waals surface area contributed by atoms with Crippen molar-refractivity contribution >= 4 is 11.9 Å². The number of hydrogen-bond acceptors (Lipinski definition) is 4. The van der Waals surface area contributed by atoms with Gasteiger partial charge in [-0.15, -0.1) is 0 Å². The number of carboxylic acids is 1. The normalized spacial score (nSPS) is 35.0. The van der Waals surface area contributed by atoms with Gasteiger partial charge in [-0.05, 0) is 111 Å². The summed E-state index contributed by atoms with van der Waals surface area (Å²) in [5.74, 6) is 2.36. The van der Waals surface area contributed by atoms with E-state index in [1.54, 1.807) is 0 Å². The Morgan fingerprint density at radius 1 is 0.729 bits per heavy atom. The molecule has 278 valence electrons. The highest BCUT2D eigenvalue weighted by Crippen LogP contribution is 2.68. The molecule has 5 heteroatoms. The van der Waals surface area contributed by atoms with Crippen LogP contribution >= 0.6 is 0 Å². The van der Waals surface area contributed by atoms with E-state index in [1.807, 2.05) is 0 Å². The third-order valence-corrected chi connectivity index (χ3v) is 14.8. The molecule has 5 nitrogen and oxygen atoms in total. The van der Waals surface area contributed by atoms with Crippen LogP contribution in [0.2, 0.25) is 0 Å². The number of fused-ring (bicyclic) bond motifs is 5. The topological polar surface area (TPSA) is 83.8 Å². The lowest BCUT2D eigenvalue weighted by molar-refractivity contribution is -0.181. The zero-order valence-corrected chi connectivity index (χ0v) is 31.8. The molecular formula is C43H76O5. The number of carboxylic acid groups (broad SMARTS) is 1. The lowest BCUT2D eigenvalue weighted by Crippen LogP contribution is -2.59. The zero-order chi connectivity index (χ0) is 34.6. The molecule has 0 radical (unpaired) electrons. The van der Waals surface area contributed by atoms with Crippen LogP contribution in [0, 0.1) is 46.3 Å². The van der Waals surface area contributed by atoms with Crippen molar-refractivity contribution < 1.29 is 24.5 Å². The molecule has 2 N–H and O–H groups in total. The fraction of sp³-hybridized carbons (Fsp3) is 0.953. The predicted octanol–water partition coefficient (Wildman–Crippen LogP) is 11.7. The van der Waals surface area contributed by atoms with E-state index in [4.69, 9.17) is 4.74 Å². The van der Waals surface area contributed by atoms with E-state index < -0.39 is 5.97 Å². The average Bonchev–Trinajstić information content (AvgIpc) is 3.42. The van der Waals surface area contributed by atoms with Crippen LogP contribution < -0.4 is 0 Å². The maximum absolute atomic E-state index is 12.8. The van der Waals surface area contributed by atoms with Gasteiger partial charge in [0.2, 0.25) is 0 Å². The van der Waals surface area contributed by atoms with E-state index in [-0.39, 0.29) is 35.4 Å². The van der Waals surface area contributed by atoms with E-state index in [0.717, 1.165) is 44.9 Å². The van der Waals surface area contributed by atoms with Crippen LogP contribution in [0.5, 0.6) is 0 Å². The maximum atomic E-state index is 12.8. The van der Waals surface area contributed by atoms with Crippen molar-refractivity contribution in [3.8, 4) is 0 Å². The van der Waals surface area contributed by atoms with Gasteiger partial charge in [0.15, 0.2) is 0 Å². The number of aliphatic carboxylic acids is 1. The van der Waals surface area contributed by atoms with Gasteiger partial charge >= 0.3 is 11.9 Å². The molecular weight excluding hydrogens is 596 g/mol. The van der Waals surface area contributed by atoms with Gasteiger partial charge in [-0.1, -0.05) is 124 Å². The SMILES string of the molecule is CCCCCCCCCCCCCCCCCCC(=O)OC1CCC2(C)C(CCC3C2CC(O)C2(C)C(C(C)CCC(=O)O)CCC32)C1. The number of ether oxygens (including phenoxy) is 1. The minimum atomic E-state index is -0.710. The van der Waals surface area contributed by atoms with Crippen molar-refractivity contribution in [2.24, 2.45) is 46.3 Å². The van der Waals surface area contributed by atoms with Gasteiger partial charge < -0.3 is 14.9 Å². The Hall–Kier alpha value is -1.10. The molecule has 4 rings (SSSR count). The molecule has 0 bridgehead atoms. The number of aliphatic hydroxyl groups excluding tert-OH is 1. The Morgan fingerprint density at radius 3 is 1.90 bits per heavy atom. The number of esters is 1. The first-order chi connectivity index (χ1) is 23.1. The summed E-state index contributed by atoms with van der Waals surface area (Å²) in [6.07, 6.45) is 31.4. The fourth-order valence-electron chi connectivity index (χ4n) is 11.9. The lowest BCUT2D eigenvalue weighted by atomic mass is 9.43. The molecule has 4 aliphatic rings. The van der Waals surface area contributed by atoms with Gasteiger partial charge in [-0.3, -0.25) is 9.59 Å². The molecule has 4 fully saturated rings.